The van der Waals surface area contributed by atoms with E-state index in [-0.39, 0.29) is 0 Å². The Kier molecular flexibility index (Phi) is 6.05. The zero-order valence-corrected chi connectivity index (χ0v) is 10.6. The monoisotopic (exact) mass is 221 g/mol. The third-order valence-corrected chi connectivity index (χ3v) is 3.07. The maximum Gasteiger partial charge on any atom is 0.168 e. The molecule has 0 aromatic carbocycles. The summed E-state index contributed by atoms with van der Waals surface area (Å²) >= 11 is 0. The first-order valence-electron chi connectivity index (χ1n) is 6.59. The number of nitrogens with zero attached hydrogens (tertiary/aromatic N) is 1. The van der Waals surface area contributed by atoms with Gasteiger partial charge in [0.05, 0.1) is 0 Å². The smallest absolute Gasteiger partial charge is 0.168 e. The van der Waals surface area contributed by atoms with Crippen molar-refractivity contribution in [2.75, 3.05) is 0 Å². The third-order valence-electron chi connectivity index (χ3n) is 3.07. The summed E-state index contributed by atoms with van der Waals surface area (Å²) < 4.78 is 0. The van der Waals surface area contributed by atoms with Crippen molar-refractivity contribution in [3.63, 3.8) is 0 Å². The maximum atomic E-state index is 10.7. The molecule has 0 fully saturated rings. The highest BCUT2D eigenvalue weighted by atomic mass is 16.1. The lowest BCUT2D eigenvalue weighted by Gasteiger charge is -2.19. The van der Waals surface area contributed by atoms with E-state index in [1.807, 2.05) is 0 Å². The fourth-order valence-corrected chi connectivity index (χ4v) is 2.05. The van der Waals surface area contributed by atoms with Crippen LogP contribution >= 0.6 is 0 Å². The fraction of sp³-hybridized carbons (Fsp3) is 0.714. The summed E-state index contributed by atoms with van der Waals surface area (Å²) in [5.41, 5.74) is 3.16. The SMILES string of the molecule is CCCCCC1=C(CCCCC)C(C=O)=N1. The van der Waals surface area contributed by atoms with Gasteiger partial charge in [-0.1, -0.05) is 39.5 Å². The van der Waals surface area contributed by atoms with Gasteiger partial charge in [0, 0.05) is 11.3 Å². The Bertz CT molecular complexity index is 289. The lowest BCUT2D eigenvalue weighted by Crippen LogP contribution is -2.16. The van der Waals surface area contributed by atoms with Crippen molar-refractivity contribution in [3.05, 3.63) is 11.3 Å². The van der Waals surface area contributed by atoms with Gasteiger partial charge in [-0.15, -0.1) is 0 Å². The Morgan fingerprint density at radius 3 is 2.19 bits per heavy atom. The van der Waals surface area contributed by atoms with Crippen LogP contribution in [0.4, 0.5) is 0 Å². The molecule has 2 heteroatoms. The van der Waals surface area contributed by atoms with Crippen molar-refractivity contribution in [1.82, 2.24) is 0 Å². The topological polar surface area (TPSA) is 29.4 Å². The van der Waals surface area contributed by atoms with Gasteiger partial charge in [0.15, 0.2) is 6.29 Å². The Hall–Kier alpha value is -0.920. The maximum absolute atomic E-state index is 10.7. The van der Waals surface area contributed by atoms with Crippen LogP contribution in [0.3, 0.4) is 0 Å². The number of unbranched alkanes of at least 4 members (excludes halogenated alkanes) is 4. The molecule has 0 aromatic heterocycles. The van der Waals surface area contributed by atoms with Crippen LogP contribution in [0, 0.1) is 0 Å². The van der Waals surface area contributed by atoms with E-state index in [0.29, 0.717) is 5.71 Å². The molecule has 0 amide bonds. The number of hydrogen-bond donors (Lipinski definition) is 0. The molecule has 0 spiro atoms. The van der Waals surface area contributed by atoms with Gasteiger partial charge in [-0.3, -0.25) is 4.79 Å². The number of allylic oxidation sites excluding steroid dienone is 2. The molecule has 90 valence electrons. The van der Waals surface area contributed by atoms with Gasteiger partial charge in [-0.25, -0.2) is 4.99 Å². The Morgan fingerprint density at radius 1 is 1.00 bits per heavy atom. The highest BCUT2D eigenvalue weighted by molar-refractivity contribution is 6.39. The molecule has 0 radical (unpaired) electrons. The van der Waals surface area contributed by atoms with Gasteiger partial charge in [0.2, 0.25) is 0 Å². The molecule has 1 aliphatic heterocycles. The molecule has 0 saturated carbocycles. The van der Waals surface area contributed by atoms with Gasteiger partial charge in [0.25, 0.3) is 0 Å². The van der Waals surface area contributed by atoms with E-state index in [0.717, 1.165) is 19.1 Å². The van der Waals surface area contributed by atoms with E-state index >= 15 is 0 Å². The number of aldehydes is 1. The first-order valence-corrected chi connectivity index (χ1v) is 6.59. The van der Waals surface area contributed by atoms with E-state index in [1.54, 1.807) is 0 Å². The van der Waals surface area contributed by atoms with Crippen LogP contribution in [-0.2, 0) is 4.79 Å². The Balaban J connectivity index is 2.38. The van der Waals surface area contributed by atoms with Crippen molar-refractivity contribution in [1.29, 1.82) is 0 Å². The summed E-state index contributed by atoms with van der Waals surface area (Å²) in [5, 5.41) is 0. The summed E-state index contributed by atoms with van der Waals surface area (Å²) in [5.74, 6) is 0. The molecule has 16 heavy (non-hydrogen) atoms. The van der Waals surface area contributed by atoms with Gasteiger partial charge in [-0.2, -0.15) is 0 Å². The van der Waals surface area contributed by atoms with Crippen LogP contribution in [0.1, 0.15) is 65.2 Å². The predicted octanol–water partition coefficient (Wildman–Crippen LogP) is 4.05. The fourth-order valence-electron chi connectivity index (χ4n) is 2.05. The summed E-state index contributed by atoms with van der Waals surface area (Å²) in [6, 6.07) is 0. The molecule has 0 atom stereocenters. The molecule has 1 heterocycles. The molecule has 0 saturated heterocycles. The molecular weight excluding hydrogens is 198 g/mol. The van der Waals surface area contributed by atoms with Gasteiger partial charge in [-0.05, 0) is 25.7 Å². The van der Waals surface area contributed by atoms with E-state index < -0.39 is 0 Å². The van der Waals surface area contributed by atoms with Crippen LogP contribution < -0.4 is 0 Å². The van der Waals surface area contributed by atoms with Crippen molar-refractivity contribution in [2.45, 2.75) is 65.2 Å². The second-order valence-electron chi connectivity index (χ2n) is 4.45. The van der Waals surface area contributed by atoms with E-state index in [2.05, 4.69) is 18.8 Å². The first kappa shape index (κ1) is 13.1. The zero-order valence-electron chi connectivity index (χ0n) is 10.6. The van der Waals surface area contributed by atoms with E-state index in [1.165, 1.54) is 49.8 Å². The van der Waals surface area contributed by atoms with Crippen LogP contribution in [0.25, 0.3) is 0 Å². The third kappa shape index (κ3) is 3.58. The Morgan fingerprint density at radius 2 is 1.62 bits per heavy atom. The van der Waals surface area contributed by atoms with Crippen molar-refractivity contribution in [2.24, 2.45) is 4.99 Å². The van der Waals surface area contributed by atoms with Crippen LogP contribution in [-0.4, -0.2) is 12.0 Å². The Labute approximate surface area is 98.8 Å². The lowest BCUT2D eigenvalue weighted by molar-refractivity contribution is -0.102. The average Bonchev–Trinajstić information content (AvgIpc) is 2.28. The summed E-state index contributed by atoms with van der Waals surface area (Å²) in [4.78, 5) is 15.0. The molecule has 1 rings (SSSR count). The predicted molar refractivity (Wildman–Crippen MR) is 68.8 cm³/mol. The number of carbonyl (C=O) groups excluding carboxylic acids is 1. The molecule has 0 unspecified atom stereocenters. The van der Waals surface area contributed by atoms with E-state index in [4.69, 9.17) is 0 Å². The van der Waals surface area contributed by atoms with Crippen molar-refractivity contribution in [3.8, 4) is 0 Å². The van der Waals surface area contributed by atoms with E-state index in [9.17, 15) is 4.79 Å². The minimum Gasteiger partial charge on any atom is -0.296 e. The number of rotatable bonds is 9. The summed E-state index contributed by atoms with van der Waals surface area (Å²) in [7, 11) is 0. The quantitative estimate of drug-likeness (QED) is 0.426. The first-order chi connectivity index (χ1) is 7.83. The van der Waals surface area contributed by atoms with Gasteiger partial charge in [0.1, 0.15) is 5.71 Å². The van der Waals surface area contributed by atoms with Crippen molar-refractivity contribution >= 4 is 12.0 Å². The molecule has 0 aromatic rings. The largest absolute Gasteiger partial charge is 0.296 e. The normalized spacial score (nSPS) is 14.8. The lowest BCUT2D eigenvalue weighted by atomic mass is 9.94. The molecule has 0 N–H and O–H groups in total. The number of carbonyl (C=O) groups is 1. The van der Waals surface area contributed by atoms with Crippen LogP contribution in [0.2, 0.25) is 0 Å². The molecule has 2 nitrogen and oxygen atoms in total. The standard InChI is InChI=1S/C14H23NO/c1-3-5-7-9-12-13(10-8-6-4-2)15-14(12)11-16/h11H,3-10H2,1-2H3. The highest BCUT2D eigenvalue weighted by Crippen LogP contribution is 2.28. The molecule has 0 bridgehead atoms. The van der Waals surface area contributed by atoms with Gasteiger partial charge >= 0.3 is 0 Å². The van der Waals surface area contributed by atoms with Gasteiger partial charge < -0.3 is 0 Å². The van der Waals surface area contributed by atoms with Crippen molar-refractivity contribution < 1.29 is 4.79 Å². The summed E-state index contributed by atoms with van der Waals surface area (Å²) in [6.45, 7) is 4.41. The number of aliphatic imine (C=N–C) groups is 1. The minimum atomic E-state index is 0.711. The van der Waals surface area contributed by atoms with Crippen LogP contribution in [0.15, 0.2) is 16.3 Å². The zero-order chi connectivity index (χ0) is 11.8. The molecule has 0 aliphatic carbocycles. The molecule has 1 aliphatic rings. The number of hydrogen-bond acceptors (Lipinski definition) is 2. The second-order valence-corrected chi connectivity index (χ2v) is 4.45. The summed E-state index contributed by atoms with van der Waals surface area (Å²) in [6.07, 6.45) is 10.4. The molecular formula is C14H23NO. The minimum absolute atomic E-state index is 0.711. The van der Waals surface area contributed by atoms with Crippen LogP contribution in [0.5, 0.6) is 0 Å². The highest BCUT2D eigenvalue weighted by Gasteiger charge is 2.20. The second kappa shape index (κ2) is 7.37. The average molecular weight is 221 g/mol.